The molecular weight excluding hydrogens is 403 g/mol. The molecule has 0 saturated carbocycles. The van der Waals surface area contributed by atoms with Crippen LogP contribution in [0.4, 0.5) is 4.39 Å². The third-order valence-corrected chi connectivity index (χ3v) is 6.40. The minimum absolute atomic E-state index is 0.267. The minimum Gasteiger partial charge on any atom is -0.410 e. The van der Waals surface area contributed by atoms with Gasteiger partial charge in [-0.3, -0.25) is 0 Å². The van der Waals surface area contributed by atoms with Crippen LogP contribution in [0.15, 0.2) is 68.2 Å². The molecule has 0 fully saturated rings. The predicted molar refractivity (Wildman–Crippen MR) is 105 cm³/mol. The summed E-state index contributed by atoms with van der Waals surface area (Å²) >= 11 is 4.36. The van der Waals surface area contributed by atoms with Gasteiger partial charge in [-0.2, -0.15) is 0 Å². The highest BCUT2D eigenvalue weighted by molar-refractivity contribution is 7.99. The molecule has 5 rings (SSSR count). The Balaban J connectivity index is 1.55. The minimum atomic E-state index is -0.267. The Morgan fingerprint density at radius 1 is 1.00 bits per heavy atom. The Kier molecular flexibility index (Phi) is 4.19. The van der Waals surface area contributed by atoms with Crippen LogP contribution in [0.5, 0.6) is 0 Å². The summed E-state index contributed by atoms with van der Waals surface area (Å²) < 4.78 is 19.0. The molecule has 0 spiro atoms. The molecule has 0 bridgehead atoms. The Labute approximate surface area is 164 Å². The highest BCUT2D eigenvalue weighted by Gasteiger charge is 2.17. The largest absolute Gasteiger partial charge is 0.410 e. The van der Waals surface area contributed by atoms with E-state index in [1.54, 1.807) is 23.5 Å². The van der Waals surface area contributed by atoms with Crippen molar-refractivity contribution in [3.63, 3.8) is 0 Å². The fourth-order valence-corrected chi connectivity index (χ4v) is 5.00. The lowest BCUT2D eigenvalue weighted by molar-refractivity contribution is 0.466. The van der Waals surface area contributed by atoms with Crippen molar-refractivity contribution < 1.29 is 8.81 Å². The quantitative estimate of drug-likeness (QED) is 0.350. The first-order valence-electron chi connectivity index (χ1n) is 7.81. The zero-order valence-corrected chi connectivity index (χ0v) is 15.9. The van der Waals surface area contributed by atoms with E-state index in [9.17, 15) is 4.39 Å². The first-order chi connectivity index (χ1) is 13.3. The maximum atomic E-state index is 13.3. The normalized spacial score (nSPS) is 11.3. The van der Waals surface area contributed by atoms with Gasteiger partial charge in [0.2, 0.25) is 0 Å². The van der Waals surface area contributed by atoms with Crippen molar-refractivity contribution in [3.8, 4) is 21.9 Å². The molecule has 0 unspecified atom stereocenters. The first-order valence-corrected chi connectivity index (χ1v) is 10.4. The smallest absolute Gasteiger partial charge is 0.283 e. The molecule has 0 saturated heterocycles. The number of hydrogen-bond donors (Lipinski definition) is 0. The van der Waals surface area contributed by atoms with Gasteiger partial charge >= 0.3 is 0 Å². The first kappa shape index (κ1) is 16.5. The third-order valence-electron chi connectivity index (χ3n) is 3.81. The standard InChI is InChI=1S/C18H9FN4OS3/c19-11-5-3-10(4-6-11)12-8-26-16-14(12)17(21-9-20-16)27-18-23-22-15(24-18)13-2-1-7-25-13/h1-9H. The van der Waals surface area contributed by atoms with Gasteiger partial charge in [0.1, 0.15) is 22.0 Å². The summed E-state index contributed by atoms with van der Waals surface area (Å²) in [5.74, 6) is 0.220. The van der Waals surface area contributed by atoms with Crippen molar-refractivity contribution >= 4 is 44.7 Å². The Hall–Kier alpha value is -2.62. The summed E-state index contributed by atoms with van der Waals surface area (Å²) in [5.41, 5.74) is 1.86. The molecule has 4 heterocycles. The molecule has 0 aliphatic rings. The molecule has 27 heavy (non-hydrogen) atoms. The van der Waals surface area contributed by atoms with Gasteiger partial charge in [0.05, 0.1) is 10.3 Å². The Morgan fingerprint density at radius 3 is 2.70 bits per heavy atom. The van der Waals surface area contributed by atoms with Crippen molar-refractivity contribution in [1.82, 2.24) is 20.2 Å². The van der Waals surface area contributed by atoms with Crippen molar-refractivity contribution in [2.45, 2.75) is 10.2 Å². The second kappa shape index (κ2) is 6.84. The highest BCUT2D eigenvalue weighted by atomic mass is 32.2. The molecule has 132 valence electrons. The predicted octanol–water partition coefficient (Wildman–Crippen LogP) is 5.76. The maximum Gasteiger partial charge on any atom is 0.283 e. The topological polar surface area (TPSA) is 64.7 Å². The summed E-state index contributed by atoms with van der Waals surface area (Å²) in [6, 6.07) is 10.3. The van der Waals surface area contributed by atoms with Crippen LogP contribution in [0.3, 0.4) is 0 Å². The van der Waals surface area contributed by atoms with Gasteiger partial charge in [0.25, 0.3) is 11.1 Å². The van der Waals surface area contributed by atoms with Crippen LogP contribution >= 0.6 is 34.4 Å². The summed E-state index contributed by atoms with van der Waals surface area (Å²) in [7, 11) is 0. The zero-order valence-electron chi connectivity index (χ0n) is 13.5. The lowest BCUT2D eigenvalue weighted by Gasteiger charge is -2.03. The SMILES string of the molecule is Fc1ccc(-c2csc3ncnc(Sc4nnc(-c5cccs5)o4)c23)cc1. The van der Waals surface area contributed by atoms with E-state index >= 15 is 0 Å². The average Bonchev–Trinajstić information content (AvgIpc) is 3.43. The van der Waals surface area contributed by atoms with E-state index in [1.807, 2.05) is 22.9 Å². The number of benzene rings is 1. The number of thiophene rings is 2. The monoisotopic (exact) mass is 412 g/mol. The summed E-state index contributed by atoms with van der Waals surface area (Å²) in [5, 5.41) is 14.2. The van der Waals surface area contributed by atoms with Crippen LogP contribution in [0.2, 0.25) is 0 Å². The van der Waals surface area contributed by atoms with E-state index in [2.05, 4.69) is 20.2 Å². The fourth-order valence-electron chi connectivity index (χ4n) is 2.60. The third kappa shape index (κ3) is 3.14. The van der Waals surface area contributed by atoms with Crippen LogP contribution in [-0.2, 0) is 0 Å². The molecule has 0 aliphatic heterocycles. The summed E-state index contributed by atoms with van der Waals surface area (Å²) in [6.07, 6.45) is 1.52. The lowest BCUT2D eigenvalue weighted by atomic mass is 10.1. The van der Waals surface area contributed by atoms with Crippen LogP contribution in [0.25, 0.3) is 32.1 Å². The Bertz CT molecular complexity index is 1220. The molecule has 0 N–H and O–H groups in total. The molecule has 1 aromatic carbocycles. The van der Waals surface area contributed by atoms with E-state index in [4.69, 9.17) is 4.42 Å². The molecule has 0 atom stereocenters. The van der Waals surface area contributed by atoms with Gasteiger partial charge in [-0.05, 0) is 40.9 Å². The number of aromatic nitrogens is 4. The number of hydrogen-bond acceptors (Lipinski definition) is 8. The van der Waals surface area contributed by atoms with Gasteiger partial charge in [0.15, 0.2) is 0 Å². The zero-order chi connectivity index (χ0) is 18.2. The molecule has 0 amide bonds. The Morgan fingerprint density at radius 2 is 1.89 bits per heavy atom. The van der Waals surface area contributed by atoms with Crippen molar-refractivity contribution in [3.05, 3.63) is 59.3 Å². The summed E-state index contributed by atoms with van der Waals surface area (Å²) in [4.78, 5) is 10.5. The van der Waals surface area contributed by atoms with E-state index in [-0.39, 0.29) is 5.82 Å². The molecule has 0 radical (unpaired) electrons. The van der Waals surface area contributed by atoms with Gasteiger partial charge < -0.3 is 4.42 Å². The molecule has 5 aromatic rings. The number of halogens is 1. The van der Waals surface area contributed by atoms with E-state index < -0.39 is 0 Å². The van der Waals surface area contributed by atoms with Crippen LogP contribution in [-0.4, -0.2) is 20.2 Å². The number of rotatable bonds is 4. The van der Waals surface area contributed by atoms with Gasteiger partial charge in [0, 0.05) is 10.9 Å². The lowest BCUT2D eigenvalue weighted by Crippen LogP contribution is -1.86. The summed E-state index contributed by atoms with van der Waals surface area (Å²) in [6.45, 7) is 0. The highest BCUT2D eigenvalue weighted by Crippen LogP contribution is 2.40. The van der Waals surface area contributed by atoms with Crippen LogP contribution in [0.1, 0.15) is 0 Å². The van der Waals surface area contributed by atoms with Crippen molar-refractivity contribution in [1.29, 1.82) is 0 Å². The van der Waals surface area contributed by atoms with Gasteiger partial charge in [-0.15, -0.1) is 32.9 Å². The van der Waals surface area contributed by atoms with E-state index in [1.165, 1.54) is 41.6 Å². The number of nitrogens with zero attached hydrogens (tertiary/aromatic N) is 4. The number of fused-ring (bicyclic) bond motifs is 1. The van der Waals surface area contributed by atoms with Crippen LogP contribution < -0.4 is 0 Å². The fraction of sp³-hybridized carbons (Fsp3) is 0. The molecule has 5 nitrogen and oxygen atoms in total. The van der Waals surface area contributed by atoms with E-state index in [0.717, 1.165) is 31.2 Å². The van der Waals surface area contributed by atoms with Crippen molar-refractivity contribution in [2.24, 2.45) is 0 Å². The second-order valence-corrected chi connectivity index (χ2v) is 8.21. The van der Waals surface area contributed by atoms with Gasteiger partial charge in [-0.1, -0.05) is 18.2 Å². The molecular formula is C18H9FN4OS3. The second-order valence-electron chi connectivity index (χ2n) is 5.47. The van der Waals surface area contributed by atoms with Crippen molar-refractivity contribution in [2.75, 3.05) is 0 Å². The molecule has 4 aromatic heterocycles. The average molecular weight is 412 g/mol. The molecule has 0 aliphatic carbocycles. The van der Waals surface area contributed by atoms with Crippen LogP contribution in [0, 0.1) is 5.82 Å². The van der Waals surface area contributed by atoms with E-state index in [0.29, 0.717) is 11.1 Å². The maximum absolute atomic E-state index is 13.3. The molecule has 9 heteroatoms. The van der Waals surface area contributed by atoms with Gasteiger partial charge in [-0.25, -0.2) is 14.4 Å².